The molecule has 99 valence electrons. The van der Waals surface area contributed by atoms with Crippen molar-refractivity contribution in [2.24, 2.45) is 5.18 Å². The van der Waals surface area contributed by atoms with Crippen molar-refractivity contribution >= 4 is 11.1 Å². The highest BCUT2D eigenvalue weighted by Crippen LogP contribution is 2.28. The highest BCUT2D eigenvalue weighted by molar-refractivity contribution is 6.02. The Bertz CT molecular complexity index is 636. The zero-order chi connectivity index (χ0) is 14.5. The Morgan fingerprint density at radius 1 is 0.850 bits per heavy atom. The second kappa shape index (κ2) is 6.11. The lowest BCUT2D eigenvalue weighted by Crippen LogP contribution is -1.89. The van der Waals surface area contributed by atoms with Gasteiger partial charge in [-0.2, -0.15) is 4.91 Å². The van der Waals surface area contributed by atoms with Crippen LogP contribution >= 0.6 is 0 Å². The molecule has 0 saturated carbocycles. The van der Waals surface area contributed by atoms with Crippen molar-refractivity contribution < 1.29 is 0 Å². The van der Waals surface area contributed by atoms with Crippen LogP contribution in [0.5, 0.6) is 0 Å². The second-order valence-electron chi connectivity index (χ2n) is 4.64. The lowest BCUT2D eigenvalue weighted by Gasteiger charge is -2.11. The molecule has 0 fully saturated rings. The van der Waals surface area contributed by atoms with Gasteiger partial charge in [0.25, 0.3) is 0 Å². The Morgan fingerprint density at radius 3 is 1.75 bits per heavy atom. The number of rotatable bonds is 5. The molecule has 0 aromatic heterocycles. The summed E-state index contributed by atoms with van der Waals surface area (Å²) in [7, 11) is 0. The Labute approximate surface area is 119 Å². The lowest BCUT2D eigenvalue weighted by atomic mass is 9.94. The van der Waals surface area contributed by atoms with Gasteiger partial charge in [0.2, 0.25) is 0 Å². The smallest absolute Gasteiger partial charge is 0.106 e. The summed E-state index contributed by atoms with van der Waals surface area (Å²) in [6.45, 7) is 12.3. The van der Waals surface area contributed by atoms with E-state index in [1.54, 1.807) is 0 Å². The average Bonchev–Trinajstić information content (AvgIpc) is 2.48. The van der Waals surface area contributed by atoms with Gasteiger partial charge < -0.3 is 0 Å². The zero-order valence-corrected chi connectivity index (χ0v) is 11.3. The summed E-state index contributed by atoms with van der Waals surface area (Å²) in [4.78, 5) is 10.2. The largest absolute Gasteiger partial charge is 0.150 e. The molecule has 2 heteroatoms. The van der Waals surface area contributed by atoms with E-state index in [1.807, 2.05) is 48.5 Å². The van der Waals surface area contributed by atoms with Gasteiger partial charge in [-0.3, -0.25) is 0 Å². The molecule has 2 rings (SSSR count). The van der Waals surface area contributed by atoms with E-state index in [0.717, 1.165) is 33.4 Å². The van der Waals surface area contributed by atoms with Crippen molar-refractivity contribution in [1.29, 1.82) is 0 Å². The van der Waals surface area contributed by atoms with Crippen molar-refractivity contribution in [3.05, 3.63) is 95.8 Å². The molecule has 0 saturated heterocycles. The molecule has 0 bridgehead atoms. The molecular weight excluding hydrogens is 246 g/mol. The number of hydrogen-bond acceptors (Lipinski definition) is 2. The third-order valence-corrected chi connectivity index (χ3v) is 3.22. The molecule has 0 unspecified atom stereocenters. The molecule has 20 heavy (non-hydrogen) atoms. The predicted octanol–water partition coefficient (Wildman–Crippen LogP) is 4.86. The fourth-order valence-corrected chi connectivity index (χ4v) is 1.94. The van der Waals surface area contributed by atoms with Crippen LogP contribution < -0.4 is 0 Å². The van der Waals surface area contributed by atoms with Crippen molar-refractivity contribution in [3.8, 4) is 0 Å². The van der Waals surface area contributed by atoms with E-state index in [1.165, 1.54) is 0 Å². The topological polar surface area (TPSA) is 29.4 Å². The molecule has 0 aliphatic rings. The van der Waals surface area contributed by atoms with Gasteiger partial charge in [-0.25, -0.2) is 0 Å². The number of nitroso groups, excluding NO2 is 1. The molecule has 2 nitrogen and oxygen atoms in total. The Hall–Kier alpha value is -2.48. The summed E-state index contributed by atoms with van der Waals surface area (Å²) >= 11 is 0. The molecule has 2 aromatic carbocycles. The van der Waals surface area contributed by atoms with E-state index in [-0.39, 0.29) is 6.54 Å². The first-order valence-corrected chi connectivity index (χ1v) is 6.31. The van der Waals surface area contributed by atoms with Gasteiger partial charge in [0.1, 0.15) is 6.54 Å². The molecule has 0 aliphatic carbocycles. The van der Waals surface area contributed by atoms with E-state index in [4.69, 9.17) is 0 Å². The quantitative estimate of drug-likeness (QED) is 0.558. The predicted molar refractivity (Wildman–Crippen MR) is 84.9 cm³/mol. The van der Waals surface area contributed by atoms with Crippen LogP contribution in [-0.4, -0.2) is 0 Å². The third-order valence-electron chi connectivity index (χ3n) is 3.22. The van der Waals surface area contributed by atoms with E-state index in [0.29, 0.717) is 0 Å². The first-order valence-electron chi connectivity index (χ1n) is 6.31. The fraction of sp³-hybridized carbons (Fsp3) is 0.0556. The fourth-order valence-electron chi connectivity index (χ4n) is 1.94. The van der Waals surface area contributed by atoms with Gasteiger partial charge in [-0.05, 0) is 40.3 Å². The SMILES string of the molecule is [CH2]c1ccc(C(=C)C(=C)c2ccc(CN=O)cc2)cc1. The summed E-state index contributed by atoms with van der Waals surface area (Å²) in [5, 5.41) is 2.88. The maximum absolute atomic E-state index is 10.2. The Morgan fingerprint density at radius 2 is 1.30 bits per heavy atom. The first-order chi connectivity index (χ1) is 9.61. The van der Waals surface area contributed by atoms with Crippen LogP contribution in [0.1, 0.15) is 22.3 Å². The van der Waals surface area contributed by atoms with Crippen LogP contribution in [0.4, 0.5) is 0 Å². The van der Waals surface area contributed by atoms with E-state index < -0.39 is 0 Å². The van der Waals surface area contributed by atoms with Gasteiger partial charge in [0, 0.05) is 0 Å². The van der Waals surface area contributed by atoms with Gasteiger partial charge in [-0.15, -0.1) is 0 Å². The third kappa shape index (κ3) is 3.09. The number of nitrogens with zero attached hydrogens (tertiary/aromatic N) is 1. The first kappa shape index (κ1) is 13.9. The zero-order valence-electron chi connectivity index (χ0n) is 11.3. The van der Waals surface area contributed by atoms with Crippen LogP contribution in [0, 0.1) is 11.8 Å². The molecular formula is C18H16NO. The molecule has 0 atom stereocenters. The summed E-state index contributed by atoms with van der Waals surface area (Å²) < 4.78 is 0. The van der Waals surface area contributed by atoms with Crippen LogP contribution in [0.3, 0.4) is 0 Å². The normalized spacial score (nSPS) is 10.1. The Kier molecular flexibility index (Phi) is 4.26. The Balaban J connectivity index is 2.20. The molecule has 0 N–H and O–H groups in total. The molecule has 1 radical (unpaired) electrons. The highest BCUT2D eigenvalue weighted by Gasteiger charge is 2.06. The minimum Gasteiger partial charge on any atom is -0.150 e. The molecule has 0 aliphatic heterocycles. The molecule has 0 spiro atoms. The monoisotopic (exact) mass is 262 g/mol. The van der Waals surface area contributed by atoms with Crippen molar-refractivity contribution in [3.63, 3.8) is 0 Å². The van der Waals surface area contributed by atoms with Crippen LogP contribution in [0.15, 0.2) is 66.9 Å². The van der Waals surface area contributed by atoms with Gasteiger partial charge in [0.05, 0.1) is 0 Å². The van der Waals surface area contributed by atoms with Crippen molar-refractivity contribution in [1.82, 2.24) is 0 Å². The lowest BCUT2D eigenvalue weighted by molar-refractivity contribution is 1.05. The average molecular weight is 262 g/mol. The van der Waals surface area contributed by atoms with Crippen molar-refractivity contribution in [2.45, 2.75) is 6.54 Å². The van der Waals surface area contributed by atoms with E-state index in [9.17, 15) is 4.91 Å². The van der Waals surface area contributed by atoms with E-state index >= 15 is 0 Å². The van der Waals surface area contributed by atoms with Gasteiger partial charge >= 0.3 is 0 Å². The minimum absolute atomic E-state index is 0.193. The van der Waals surface area contributed by atoms with Gasteiger partial charge in [-0.1, -0.05) is 66.9 Å². The number of hydrogen-bond donors (Lipinski definition) is 0. The maximum atomic E-state index is 10.2. The van der Waals surface area contributed by atoms with Crippen molar-refractivity contribution in [2.75, 3.05) is 0 Å². The molecule has 2 aromatic rings. The summed E-state index contributed by atoms with van der Waals surface area (Å²) in [6, 6.07) is 15.5. The summed E-state index contributed by atoms with van der Waals surface area (Å²) in [5.74, 6) is 0. The number of allylic oxidation sites excluding steroid dienone is 2. The van der Waals surface area contributed by atoms with Crippen LogP contribution in [-0.2, 0) is 6.54 Å². The maximum Gasteiger partial charge on any atom is 0.106 e. The molecule has 0 heterocycles. The summed E-state index contributed by atoms with van der Waals surface area (Å²) in [6.07, 6.45) is 0. The van der Waals surface area contributed by atoms with Crippen LogP contribution in [0.2, 0.25) is 0 Å². The minimum atomic E-state index is 0.193. The van der Waals surface area contributed by atoms with E-state index in [2.05, 4.69) is 25.3 Å². The number of benzene rings is 2. The highest BCUT2D eigenvalue weighted by atomic mass is 16.3. The standard InChI is InChI=1S/C18H16NO/c1-13-4-8-17(9-5-13)14(2)15(3)18-10-6-16(7-11-18)12-19-20/h4-11H,1-3,12H2. The van der Waals surface area contributed by atoms with Crippen LogP contribution in [0.25, 0.3) is 11.1 Å². The second-order valence-corrected chi connectivity index (χ2v) is 4.64. The summed E-state index contributed by atoms with van der Waals surface area (Å²) in [5.41, 5.74) is 5.63. The molecule has 0 amide bonds. The van der Waals surface area contributed by atoms with Gasteiger partial charge in [0.15, 0.2) is 0 Å².